The van der Waals surface area contributed by atoms with Crippen LogP contribution in [0.2, 0.25) is 0 Å². The van der Waals surface area contributed by atoms with E-state index in [0.717, 1.165) is 51.3 Å². The van der Waals surface area contributed by atoms with Crippen LogP contribution in [0.1, 0.15) is 12.8 Å². The summed E-state index contributed by atoms with van der Waals surface area (Å²) in [6.07, 6.45) is 2.02. The molecule has 4 N–H and O–H groups in total. The van der Waals surface area contributed by atoms with Crippen molar-refractivity contribution in [3.63, 3.8) is 0 Å². The molecule has 7 heteroatoms. The molecule has 1 aromatic carbocycles. The smallest absolute Gasteiger partial charge is 0.238 e. The van der Waals surface area contributed by atoms with Crippen molar-refractivity contribution >= 4 is 17.5 Å². The molecule has 0 saturated carbocycles. The standard InChI is InChI=1S/C19H29N5O2/c25-18(23-16-4-2-1-3-5-16)14-24-10-6-15(7-11-24)12-22-19(26)17-13-20-8-9-21-17/h1-5,15,17,20-21H,6-14H2,(H,22,26)(H,23,25). The van der Waals surface area contributed by atoms with Crippen molar-refractivity contribution in [1.29, 1.82) is 0 Å². The summed E-state index contributed by atoms with van der Waals surface area (Å²) < 4.78 is 0. The van der Waals surface area contributed by atoms with Crippen molar-refractivity contribution in [3.8, 4) is 0 Å². The molecule has 26 heavy (non-hydrogen) atoms. The summed E-state index contributed by atoms with van der Waals surface area (Å²) in [5, 5.41) is 12.5. The summed E-state index contributed by atoms with van der Waals surface area (Å²) in [6.45, 7) is 5.38. The Morgan fingerprint density at radius 2 is 1.88 bits per heavy atom. The Labute approximate surface area is 154 Å². The fraction of sp³-hybridized carbons (Fsp3) is 0.579. The van der Waals surface area contributed by atoms with E-state index in [1.807, 2.05) is 30.3 Å². The van der Waals surface area contributed by atoms with E-state index >= 15 is 0 Å². The zero-order chi connectivity index (χ0) is 18.2. The van der Waals surface area contributed by atoms with Crippen molar-refractivity contribution in [3.05, 3.63) is 30.3 Å². The maximum absolute atomic E-state index is 12.1. The maximum Gasteiger partial charge on any atom is 0.238 e. The number of amides is 2. The Balaban J connectivity index is 1.32. The molecule has 0 spiro atoms. The molecule has 1 unspecified atom stereocenters. The van der Waals surface area contributed by atoms with Crippen LogP contribution in [-0.2, 0) is 9.59 Å². The number of nitrogens with zero attached hydrogens (tertiary/aromatic N) is 1. The number of likely N-dealkylation sites (tertiary alicyclic amines) is 1. The highest BCUT2D eigenvalue weighted by atomic mass is 16.2. The number of anilines is 1. The third-order valence-corrected chi connectivity index (χ3v) is 5.05. The highest BCUT2D eigenvalue weighted by molar-refractivity contribution is 5.92. The van der Waals surface area contributed by atoms with Crippen LogP contribution < -0.4 is 21.3 Å². The summed E-state index contributed by atoms with van der Waals surface area (Å²) in [6, 6.07) is 9.42. The summed E-state index contributed by atoms with van der Waals surface area (Å²) in [4.78, 5) is 26.5. The number of carbonyl (C=O) groups is 2. The Morgan fingerprint density at radius 3 is 2.58 bits per heavy atom. The number of para-hydroxylation sites is 1. The van der Waals surface area contributed by atoms with E-state index in [0.29, 0.717) is 19.0 Å². The minimum absolute atomic E-state index is 0.0267. The van der Waals surface area contributed by atoms with E-state index in [4.69, 9.17) is 0 Å². The largest absolute Gasteiger partial charge is 0.354 e. The van der Waals surface area contributed by atoms with Crippen LogP contribution in [0.5, 0.6) is 0 Å². The van der Waals surface area contributed by atoms with Gasteiger partial charge >= 0.3 is 0 Å². The van der Waals surface area contributed by atoms with E-state index in [9.17, 15) is 9.59 Å². The van der Waals surface area contributed by atoms with E-state index in [1.165, 1.54) is 0 Å². The third-order valence-electron chi connectivity index (χ3n) is 5.05. The fourth-order valence-corrected chi connectivity index (χ4v) is 3.48. The molecular weight excluding hydrogens is 330 g/mol. The van der Waals surface area contributed by atoms with Gasteiger partial charge in [-0.15, -0.1) is 0 Å². The highest BCUT2D eigenvalue weighted by Crippen LogP contribution is 2.16. The summed E-state index contributed by atoms with van der Waals surface area (Å²) >= 11 is 0. The van der Waals surface area contributed by atoms with Gasteiger partial charge in [0.1, 0.15) is 0 Å². The Bertz CT molecular complexity index is 581. The van der Waals surface area contributed by atoms with Crippen LogP contribution in [0.25, 0.3) is 0 Å². The van der Waals surface area contributed by atoms with E-state index in [-0.39, 0.29) is 17.9 Å². The van der Waals surface area contributed by atoms with Crippen molar-refractivity contribution in [2.45, 2.75) is 18.9 Å². The molecule has 0 bridgehead atoms. The molecule has 2 saturated heterocycles. The first-order chi connectivity index (χ1) is 12.7. The van der Waals surface area contributed by atoms with Gasteiger partial charge in [-0.05, 0) is 44.0 Å². The van der Waals surface area contributed by atoms with Gasteiger partial charge in [0.05, 0.1) is 12.6 Å². The van der Waals surface area contributed by atoms with Gasteiger partial charge in [-0.1, -0.05) is 18.2 Å². The maximum atomic E-state index is 12.1. The number of piperazine rings is 1. The topological polar surface area (TPSA) is 85.5 Å². The highest BCUT2D eigenvalue weighted by Gasteiger charge is 2.24. The van der Waals surface area contributed by atoms with Crippen LogP contribution in [-0.4, -0.2) is 68.6 Å². The number of nitrogens with one attached hydrogen (secondary N) is 4. The number of benzene rings is 1. The van der Waals surface area contributed by atoms with E-state index in [2.05, 4.69) is 26.2 Å². The lowest BCUT2D eigenvalue weighted by Crippen LogP contribution is -2.56. The molecule has 2 heterocycles. The van der Waals surface area contributed by atoms with Crippen molar-refractivity contribution in [2.75, 3.05) is 51.1 Å². The molecule has 1 atom stereocenters. The molecular formula is C19H29N5O2. The van der Waals surface area contributed by atoms with E-state index in [1.54, 1.807) is 0 Å². The predicted molar refractivity (Wildman–Crippen MR) is 102 cm³/mol. The third kappa shape index (κ3) is 5.79. The van der Waals surface area contributed by atoms with Gasteiger partial charge in [0.15, 0.2) is 0 Å². The van der Waals surface area contributed by atoms with Crippen molar-refractivity contribution < 1.29 is 9.59 Å². The van der Waals surface area contributed by atoms with Crippen molar-refractivity contribution in [1.82, 2.24) is 20.9 Å². The lowest BCUT2D eigenvalue weighted by atomic mass is 9.96. The minimum atomic E-state index is -0.120. The van der Waals surface area contributed by atoms with Crippen LogP contribution in [0.4, 0.5) is 5.69 Å². The minimum Gasteiger partial charge on any atom is -0.354 e. The number of rotatable bonds is 6. The Kier molecular flexibility index (Phi) is 6.99. The SMILES string of the molecule is O=C(CN1CCC(CNC(=O)C2CNCCN2)CC1)Nc1ccccc1. The fourth-order valence-electron chi connectivity index (χ4n) is 3.48. The van der Waals surface area contributed by atoms with Gasteiger partial charge in [-0.2, -0.15) is 0 Å². The van der Waals surface area contributed by atoms with Crippen LogP contribution >= 0.6 is 0 Å². The molecule has 1 aromatic rings. The first-order valence-corrected chi connectivity index (χ1v) is 9.50. The summed E-state index contributed by atoms with van der Waals surface area (Å²) in [7, 11) is 0. The lowest BCUT2D eigenvalue weighted by molar-refractivity contribution is -0.123. The average Bonchev–Trinajstić information content (AvgIpc) is 2.68. The van der Waals surface area contributed by atoms with Gasteiger partial charge in [0.2, 0.25) is 11.8 Å². The second kappa shape index (κ2) is 9.66. The summed E-state index contributed by atoms with van der Waals surface area (Å²) in [5.41, 5.74) is 0.834. The summed E-state index contributed by atoms with van der Waals surface area (Å²) in [5.74, 6) is 0.602. The predicted octanol–water partition coefficient (Wildman–Crippen LogP) is 0.0147. The molecule has 7 nitrogen and oxygen atoms in total. The Hall–Kier alpha value is -1.96. The molecule has 0 aromatic heterocycles. The first-order valence-electron chi connectivity index (χ1n) is 9.50. The molecule has 3 rings (SSSR count). The second-order valence-corrected chi connectivity index (χ2v) is 7.09. The number of hydrogen-bond acceptors (Lipinski definition) is 5. The van der Waals surface area contributed by atoms with Gasteiger partial charge in [-0.25, -0.2) is 0 Å². The molecule has 2 amide bonds. The van der Waals surface area contributed by atoms with E-state index < -0.39 is 0 Å². The molecule has 2 fully saturated rings. The molecule has 0 aliphatic carbocycles. The van der Waals surface area contributed by atoms with Gasteiger partial charge in [0.25, 0.3) is 0 Å². The zero-order valence-corrected chi connectivity index (χ0v) is 15.2. The quantitative estimate of drug-likeness (QED) is 0.575. The number of hydrogen-bond donors (Lipinski definition) is 4. The van der Waals surface area contributed by atoms with Gasteiger partial charge < -0.3 is 21.3 Å². The molecule has 2 aliphatic rings. The number of piperidine rings is 1. The van der Waals surface area contributed by atoms with Gasteiger partial charge in [0, 0.05) is 31.9 Å². The Morgan fingerprint density at radius 1 is 1.12 bits per heavy atom. The van der Waals surface area contributed by atoms with Crippen LogP contribution in [0.15, 0.2) is 30.3 Å². The van der Waals surface area contributed by atoms with Crippen molar-refractivity contribution in [2.24, 2.45) is 5.92 Å². The average molecular weight is 359 g/mol. The number of carbonyl (C=O) groups excluding carboxylic acids is 2. The molecule has 0 radical (unpaired) electrons. The second-order valence-electron chi connectivity index (χ2n) is 7.09. The lowest BCUT2D eigenvalue weighted by Gasteiger charge is -2.32. The molecule has 2 aliphatic heterocycles. The molecule has 142 valence electrons. The first kappa shape index (κ1) is 18.8. The monoisotopic (exact) mass is 359 g/mol. The normalized spacial score (nSPS) is 21.9. The van der Waals surface area contributed by atoms with Gasteiger partial charge in [-0.3, -0.25) is 14.5 Å². The zero-order valence-electron chi connectivity index (χ0n) is 15.2. The van der Waals surface area contributed by atoms with Crippen LogP contribution in [0, 0.1) is 5.92 Å². The van der Waals surface area contributed by atoms with Crippen LogP contribution in [0.3, 0.4) is 0 Å².